The number of hydrogen-bond donors (Lipinski definition) is 2. The van der Waals surface area contributed by atoms with E-state index in [9.17, 15) is 4.79 Å². The number of amides is 1. The van der Waals surface area contributed by atoms with E-state index in [1.54, 1.807) is 6.92 Å². The van der Waals surface area contributed by atoms with Gasteiger partial charge in [0.2, 0.25) is 5.91 Å². The maximum absolute atomic E-state index is 10.8. The van der Waals surface area contributed by atoms with E-state index in [1.807, 2.05) is 6.20 Å². The summed E-state index contributed by atoms with van der Waals surface area (Å²) >= 11 is 0. The summed E-state index contributed by atoms with van der Waals surface area (Å²) in [6, 6.07) is 6.37. The number of nitrogens with one attached hydrogen (secondary N) is 2. The standard InChI is InChI=1S/C13H16N2O/c1-9-3-4-12-11(5-6-14-10(2)16)8-15-13(12)7-9/h3-4,7-8,15H,5-6H2,1-2H3,(H,14,16). The number of aromatic amines is 1. The summed E-state index contributed by atoms with van der Waals surface area (Å²) in [5.41, 5.74) is 3.67. The van der Waals surface area contributed by atoms with E-state index in [2.05, 4.69) is 35.4 Å². The summed E-state index contributed by atoms with van der Waals surface area (Å²) in [4.78, 5) is 14.0. The van der Waals surface area contributed by atoms with Crippen molar-refractivity contribution < 1.29 is 4.79 Å². The number of fused-ring (bicyclic) bond motifs is 1. The van der Waals surface area contributed by atoms with Gasteiger partial charge in [-0.3, -0.25) is 4.79 Å². The van der Waals surface area contributed by atoms with E-state index in [4.69, 9.17) is 0 Å². The second-order valence-electron chi connectivity index (χ2n) is 4.10. The van der Waals surface area contributed by atoms with Gasteiger partial charge >= 0.3 is 0 Å². The normalized spacial score (nSPS) is 10.6. The third-order valence-electron chi connectivity index (χ3n) is 2.69. The molecule has 0 saturated heterocycles. The molecule has 2 N–H and O–H groups in total. The van der Waals surface area contributed by atoms with E-state index < -0.39 is 0 Å². The Kier molecular flexibility index (Phi) is 2.95. The zero-order valence-electron chi connectivity index (χ0n) is 9.63. The molecule has 0 aliphatic heterocycles. The van der Waals surface area contributed by atoms with E-state index in [0.29, 0.717) is 6.54 Å². The maximum atomic E-state index is 10.8. The monoisotopic (exact) mass is 216 g/mol. The van der Waals surface area contributed by atoms with Crippen molar-refractivity contribution in [3.05, 3.63) is 35.5 Å². The van der Waals surface area contributed by atoms with Crippen molar-refractivity contribution in [2.75, 3.05) is 6.54 Å². The van der Waals surface area contributed by atoms with Crippen LogP contribution in [0.3, 0.4) is 0 Å². The van der Waals surface area contributed by atoms with E-state index in [0.717, 1.165) is 11.9 Å². The van der Waals surface area contributed by atoms with Crippen LogP contribution < -0.4 is 5.32 Å². The lowest BCUT2D eigenvalue weighted by Gasteiger charge is -2.01. The van der Waals surface area contributed by atoms with Crippen molar-refractivity contribution in [1.29, 1.82) is 0 Å². The Labute approximate surface area is 94.9 Å². The highest BCUT2D eigenvalue weighted by Crippen LogP contribution is 2.19. The Morgan fingerprint density at radius 3 is 3.00 bits per heavy atom. The summed E-state index contributed by atoms with van der Waals surface area (Å²) in [6.07, 6.45) is 2.88. The van der Waals surface area contributed by atoms with Gasteiger partial charge in [0.1, 0.15) is 0 Å². The van der Waals surface area contributed by atoms with Crippen molar-refractivity contribution in [3.8, 4) is 0 Å². The lowest BCUT2D eigenvalue weighted by molar-refractivity contribution is -0.118. The molecule has 0 aliphatic rings. The van der Waals surface area contributed by atoms with Gasteiger partial charge in [0, 0.05) is 30.6 Å². The molecule has 0 fully saturated rings. The van der Waals surface area contributed by atoms with Gasteiger partial charge in [-0.05, 0) is 30.5 Å². The number of H-pyrrole nitrogens is 1. The molecule has 84 valence electrons. The lowest BCUT2D eigenvalue weighted by atomic mass is 10.1. The highest BCUT2D eigenvalue weighted by atomic mass is 16.1. The molecule has 0 atom stereocenters. The Morgan fingerprint density at radius 2 is 2.25 bits per heavy atom. The van der Waals surface area contributed by atoms with Gasteiger partial charge in [-0.25, -0.2) is 0 Å². The maximum Gasteiger partial charge on any atom is 0.216 e. The first-order chi connectivity index (χ1) is 7.66. The highest BCUT2D eigenvalue weighted by molar-refractivity contribution is 5.83. The molecular formula is C13H16N2O. The Bertz CT molecular complexity index is 514. The highest BCUT2D eigenvalue weighted by Gasteiger charge is 2.03. The quantitative estimate of drug-likeness (QED) is 0.811. The van der Waals surface area contributed by atoms with Crippen molar-refractivity contribution in [1.82, 2.24) is 10.3 Å². The van der Waals surface area contributed by atoms with Gasteiger partial charge in [-0.1, -0.05) is 12.1 Å². The fraction of sp³-hybridized carbons (Fsp3) is 0.308. The number of rotatable bonds is 3. The van der Waals surface area contributed by atoms with Gasteiger partial charge in [-0.15, -0.1) is 0 Å². The number of carbonyl (C=O) groups is 1. The molecule has 1 aromatic carbocycles. The molecule has 0 aliphatic carbocycles. The minimum absolute atomic E-state index is 0.0238. The van der Waals surface area contributed by atoms with Gasteiger partial charge in [0.25, 0.3) is 0 Å². The van der Waals surface area contributed by atoms with Crippen molar-refractivity contribution in [3.63, 3.8) is 0 Å². The average molecular weight is 216 g/mol. The number of carbonyl (C=O) groups excluding carboxylic acids is 1. The molecule has 0 saturated carbocycles. The molecule has 3 heteroatoms. The van der Waals surface area contributed by atoms with E-state index in [1.165, 1.54) is 16.5 Å². The van der Waals surface area contributed by atoms with Crippen LogP contribution in [0, 0.1) is 6.92 Å². The molecule has 0 bridgehead atoms. The third kappa shape index (κ3) is 2.24. The molecule has 1 aromatic heterocycles. The van der Waals surface area contributed by atoms with Gasteiger partial charge in [0.05, 0.1) is 0 Å². The number of hydrogen-bond acceptors (Lipinski definition) is 1. The first-order valence-corrected chi connectivity index (χ1v) is 5.48. The van der Waals surface area contributed by atoms with Crippen molar-refractivity contribution >= 4 is 16.8 Å². The number of aryl methyl sites for hydroxylation is 1. The molecule has 0 unspecified atom stereocenters. The fourth-order valence-electron chi connectivity index (χ4n) is 1.88. The summed E-state index contributed by atoms with van der Waals surface area (Å²) in [6.45, 7) is 4.31. The van der Waals surface area contributed by atoms with Crippen LogP contribution in [0.5, 0.6) is 0 Å². The fourth-order valence-corrected chi connectivity index (χ4v) is 1.88. The predicted molar refractivity (Wildman–Crippen MR) is 65.4 cm³/mol. The van der Waals surface area contributed by atoms with Crippen LogP contribution in [-0.4, -0.2) is 17.4 Å². The van der Waals surface area contributed by atoms with Crippen molar-refractivity contribution in [2.45, 2.75) is 20.3 Å². The van der Waals surface area contributed by atoms with Gasteiger partial charge < -0.3 is 10.3 Å². The molecule has 2 aromatic rings. The lowest BCUT2D eigenvalue weighted by Crippen LogP contribution is -2.22. The molecular weight excluding hydrogens is 200 g/mol. The molecule has 1 amide bonds. The minimum Gasteiger partial charge on any atom is -0.361 e. The van der Waals surface area contributed by atoms with Gasteiger partial charge in [-0.2, -0.15) is 0 Å². The zero-order valence-corrected chi connectivity index (χ0v) is 9.63. The third-order valence-corrected chi connectivity index (χ3v) is 2.69. The van der Waals surface area contributed by atoms with Crippen LogP contribution >= 0.6 is 0 Å². The van der Waals surface area contributed by atoms with Gasteiger partial charge in [0.15, 0.2) is 0 Å². The number of benzene rings is 1. The van der Waals surface area contributed by atoms with Crippen LogP contribution in [0.4, 0.5) is 0 Å². The van der Waals surface area contributed by atoms with Crippen molar-refractivity contribution in [2.24, 2.45) is 0 Å². The zero-order chi connectivity index (χ0) is 11.5. The summed E-state index contributed by atoms with van der Waals surface area (Å²) < 4.78 is 0. The minimum atomic E-state index is 0.0238. The van der Waals surface area contributed by atoms with Crippen LogP contribution in [0.25, 0.3) is 10.9 Å². The van der Waals surface area contributed by atoms with Crippen LogP contribution in [0.15, 0.2) is 24.4 Å². The summed E-state index contributed by atoms with van der Waals surface area (Å²) in [5, 5.41) is 4.05. The topological polar surface area (TPSA) is 44.9 Å². The second kappa shape index (κ2) is 4.39. The predicted octanol–water partition coefficient (Wildman–Crippen LogP) is 2.15. The Hall–Kier alpha value is -1.77. The van der Waals surface area contributed by atoms with Crippen LogP contribution in [-0.2, 0) is 11.2 Å². The SMILES string of the molecule is CC(=O)NCCc1c[nH]c2cc(C)ccc12. The van der Waals surface area contributed by atoms with Crippen LogP contribution in [0.1, 0.15) is 18.1 Å². The average Bonchev–Trinajstić information content (AvgIpc) is 2.60. The van der Waals surface area contributed by atoms with E-state index >= 15 is 0 Å². The molecule has 3 nitrogen and oxygen atoms in total. The molecule has 2 rings (SSSR count). The Balaban J connectivity index is 2.15. The first-order valence-electron chi connectivity index (χ1n) is 5.48. The number of aromatic nitrogens is 1. The Morgan fingerprint density at radius 1 is 1.44 bits per heavy atom. The molecule has 0 spiro atoms. The molecule has 0 radical (unpaired) electrons. The largest absolute Gasteiger partial charge is 0.361 e. The first kappa shape index (κ1) is 10.7. The smallest absolute Gasteiger partial charge is 0.216 e. The molecule has 16 heavy (non-hydrogen) atoms. The second-order valence-corrected chi connectivity index (χ2v) is 4.10. The summed E-state index contributed by atoms with van der Waals surface area (Å²) in [7, 11) is 0. The van der Waals surface area contributed by atoms with E-state index in [-0.39, 0.29) is 5.91 Å². The van der Waals surface area contributed by atoms with Crippen LogP contribution in [0.2, 0.25) is 0 Å². The summed E-state index contributed by atoms with van der Waals surface area (Å²) in [5.74, 6) is 0.0238. The molecule has 1 heterocycles.